The molecule has 158 valence electrons. The van der Waals surface area contributed by atoms with E-state index in [1.54, 1.807) is 36.4 Å². The summed E-state index contributed by atoms with van der Waals surface area (Å²) in [5.74, 6) is 0.481. The Bertz CT molecular complexity index is 1130. The van der Waals surface area contributed by atoms with Gasteiger partial charge in [0, 0.05) is 30.2 Å². The Morgan fingerprint density at radius 3 is 2.55 bits per heavy atom. The van der Waals surface area contributed by atoms with E-state index in [2.05, 4.69) is 22.1 Å². The second-order valence-electron chi connectivity index (χ2n) is 7.22. The molecule has 1 unspecified atom stereocenters. The Labute approximate surface area is 185 Å². The van der Waals surface area contributed by atoms with E-state index in [1.807, 2.05) is 35.8 Å². The maximum absolute atomic E-state index is 13.5. The van der Waals surface area contributed by atoms with Crippen molar-refractivity contribution in [3.8, 4) is 22.6 Å². The maximum atomic E-state index is 13.5. The number of imidazole rings is 1. The standard InChI is InChI=1S/C24H23FN4OS/c1-17(12-14-30)29-16-27-22(19-7-9-20(25)10-8-19)23(29)21-11-13-26-24(28-21)31-15-18-5-3-2-4-6-18/h2-11,13,16-17,30H,12,14-15H2,1H3. The van der Waals surface area contributed by atoms with Gasteiger partial charge in [-0.15, -0.1) is 0 Å². The Kier molecular flexibility index (Phi) is 6.74. The van der Waals surface area contributed by atoms with Gasteiger partial charge in [-0.1, -0.05) is 42.1 Å². The lowest BCUT2D eigenvalue weighted by atomic mass is 10.1. The molecule has 0 saturated carbocycles. The molecule has 2 heterocycles. The van der Waals surface area contributed by atoms with Crippen LogP contribution in [0.15, 0.2) is 78.3 Å². The predicted molar refractivity (Wildman–Crippen MR) is 121 cm³/mol. The number of aliphatic hydroxyl groups excluding tert-OH is 1. The van der Waals surface area contributed by atoms with Gasteiger partial charge in [0.25, 0.3) is 0 Å². The van der Waals surface area contributed by atoms with Crippen LogP contribution in [0.4, 0.5) is 4.39 Å². The minimum Gasteiger partial charge on any atom is -0.396 e. The Morgan fingerprint density at radius 2 is 1.81 bits per heavy atom. The first kappa shape index (κ1) is 21.2. The molecule has 4 aromatic rings. The Hall–Kier alpha value is -3.03. The number of hydrogen-bond donors (Lipinski definition) is 1. The summed E-state index contributed by atoms with van der Waals surface area (Å²) in [7, 11) is 0. The average molecular weight is 435 g/mol. The lowest BCUT2D eigenvalue weighted by molar-refractivity contribution is 0.263. The summed E-state index contributed by atoms with van der Waals surface area (Å²) in [6.07, 6.45) is 4.10. The number of hydrogen-bond acceptors (Lipinski definition) is 5. The van der Waals surface area contributed by atoms with Gasteiger partial charge in [-0.25, -0.2) is 19.3 Å². The molecule has 0 aliphatic carbocycles. The van der Waals surface area contributed by atoms with Gasteiger partial charge in [-0.05, 0) is 49.2 Å². The molecule has 0 aliphatic heterocycles. The minimum absolute atomic E-state index is 0.0251. The molecule has 0 spiro atoms. The predicted octanol–water partition coefficient (Wildman–Crippen LogP) is 5.38. The zero-order valence-corrected chi connectivity index (χ0v) is 18.0. The van der Waals surface area contributed by atoms with E-state index in [4.69, 9.17) is 4.98 Å². The van der Waals surface area contributed by atoms with Gasteiger partial charge in [0.05, 0.1) is 23.4 Å². The summed E-state index contributed by atoms with van der Waals surface area (Å²) in [6.45, 7) is 2.11. The van der Waals surface area contributed by atoms with Crippen LogP contribution in [0.1, 0.15) is 24.9 Å². The first-order chi connectivity index (χ1) is 15.2. The van der Waals surface area contributed by atoms with Gasteiger partial charge in [0.15, 0.2) is 5.16 Å². The molecule has 31 heavy (non-hydrogen) atoms. The monoisotopic (exact) mass is 434 g/mol. The number of rotatable bonds is 8. The van der Waals surface area contributed by atoms with Crippen LogP contribution < -0.4 is 0 Å². The second kappa shape index (κ2) is 9.85. The number of aliphatic hydroxyl groups is 1. The highest BCUT2D eigenvalue weighted by molar-refractivity contribution is 7.98. The first-order valence-electron chi connectivity index (χ1n) is 10.1. The van der Waals surface area contributed by atoms with Crippen LogP contribution in [-0.2, 0) is 5.75 Å². The third-order valence-corrected chi connectivity index (χ3v) is 5.95. The van der Waals surface area contributed by atoms with E-state index in [1.165, 1.54) is 17.7 Å². The quantitative estimate of drug-likeness (QED) is 0.298. The SMILES string of the molecule is CC(CCO)n1cnc(-c2ccc(F)cc2)c1-c1ccnc(SCc2ccccc2)n1. The van der Waals surface area contributed by atoms with Crippen molar-refractivity contribution in [2.24, 2.45) is 0 Å². The summed E-state index contributed by atoms with van der Waals surface area (Å²) in [4.78, 5) is 13.8. The van der Waals surface area contributed by atoms with Crippen LogP contribution in [0.3, 0.4) is 0 Å². The second-order valence-corrected chi connectivity index (χ2v) is 8.16. The van der Waals surface area contributed by atoms with Crippen LogP contribution in [-0.4, -0.2) is 31.2 Å². The molecular weight excluding hydrogens is 411 g/mol. The van der Waals surface area contributed by atoms with Gasteiger partial charge in [0.2, 0.25) is 0 Å². The van der Waals surface area contributed by atoms with E-state index in [9.17, 15) is 9.50 Å². The van der Waals surface area contributed by atoms with Gasteiger partial charge in [-0.3, -0.25) is 0 Å². The number of nitrogens with zero attached hydrogens (tertiary/aromatic N) is 4. The molecule has 0 bridgehead atoms. The van der Waals surface area contributed by atoms with Crippen LogP contribution in [0.25, 0.3) is 22.6 Å². The number of aromatic nitrogens is 4. The molecule has 7 heteroatoms. The van der Waals surface area contributed by atoms with E-state index in [-0.39, 0.29) is 18.5 Å². The molecule has 5 nitrogen and oxygen atoms in total. The molecule has 1 N–H and O–H groups in total. The fourth-order valence-electron chi connectivity index (χ4n) is 3.36. The molecule has 4 rings (SSSR count). The number of benzene rings is 2. The average Bonchev–Trinajstić information content (AvgIpc) is 3.25. The maximum Gasteiger partial charge on any atom is 0.188 e. The molecule has 0 amide bonds. The minimum atomic E-state index is -0.292. The van der Waals surface area contributed by atoms with E-state index < -0.39 is 0 Å². The molecule has 0 radical (unpaired) electrons. The lowest BCUT2D eigenvalue weighted by Gasteiger charge is -2.16. The van der Waals surface area contributed by atoms with E-state index in [0.717, 1.165) is 28.4 Å². The van der Waals surface area contributed by atoms with Crippen LogP contribution in [0.5, 0.6) is 0 Å². The highest BCUT2D eigenvalue weighted by Gasteiger charge is 2.20. The van der Waals surface area contributed by atoms with Gasteiger partial charge < -0.3 is 9.67 Å². The zero-order valence-electron chi connectivity index (χ0n) is 17.1. The highest BCUT2D eigenvalue weighted by atomic mass is 32.2. The molecular formula is C24H23FN4OS. The zero-order chi connectivity index (χ0) is 21.6. The summed E-state index contributed by atoms with van der Waals surface area (Å²) in [5.41, 5.74) is 4.31. The summed E-state index contributed by atoms with van der Waals surface area (Å²) >= 11 is 1.57. The Morgan fingerprint density at radius 1 is 1.03 bits per heavy atom. The number of thioether (sulfide) groups is 1. The highest BCUT2D eigenvalue weighted by Crippen LogP contribution is 2.34. The molecule has 0 aliphatic rings. The van der Waals surface area contributed by atoms with Crippen molar-refractivity contribution in [1.82, 2.24) is 19.5 Å². The van der Waals surface area contributed by atoms with Crippen molar-refractivity contribution >= 4 is 11.8 Å². The molecule has 2 aromatic carbocycles. The van der Waals surface area contributed by atoms with Crippen LogP contribution >= 0.6 is 11.8 Å². The molecule has 2 aromatic heterocycles. The summed E-state index contributed by atoms with van der Waals surface area (Å²) < 4.78 is 15.5. The van der Waals surface area contributed by atoms with Crippen molar-refractivity contribution in [2.75, 3.05) is 6.61 Å². The van der Waals surface area contributed by atoms with Gasteiger partial charge >= 0.3 is 0 Å². The first-order valence-corrected chi connectivity index (χ1v) is 11.1. The van der Waals surface area contributed by atoms with Crippen molar-refractivity contribution < 1.29 is 9.50 Å². The normalized spacial score (nSPS) is 12.1. The summed E-state index contributed by atoms with van der Waals surface area (Å²) in [5, 5.41) is 10.1. The molecule has 0 fully saturated rings. The fraction of sp³-hybridized carbons (Fsp3) is 0.208. The fourth-order valence-corrected chi connectivity index (χ4v) is 4.14. The smallest absolute Gasteiger partial charge is 0.188 e. The lowest BCUT2D eigenvalue weighted by Crippen LogP contribution is -2.08. The third-order valence-electron chi connectivity index (χ3n) is 5.02. The Balaban J connectivity index is 1.71. The van der Waals surface area contributed by atoms with E-state index >= 15 is 0 Å². The number of halogens is 1. The van der Waals surface area contributed by atoms with Crippen molar-refractivity contribution in [3.05, 3.63) is 84.6 Å². The summed E-state index contributed by atoms with van der Waals surface area (Å²) in [6, 6.07) is 18.4. The third kappa shape index (κ3) is 5.00. The largest absolute Gasteiger partial charge is 0.396 e. The van der Waals surface area contributed by atoms with Crippen molar-refractivity contribution in [1.29, 1.82) is 0 Å². The van der Waals surface area contributed by atoms with Crippen LogP contribution in [0.2, 0.25) is 0 Å². The van der Waals surface area contributed by atoms with Crippen molar-refractivity contribution in [3.63, 3.8) is 0 Å². The topological polar surface area (TPSA) is 63.8 Å². The van der Waals surface area contributed by atoms with Gasteiger partial charge in [0.1, 0.15) is 5.82 Å². The van der Waals surface area contributed by atoms with Gasteiger partial charge in [-0.2, -0.15) is 0 Å². The molecule has 0 saturated heterocycles. The van der Waals surface area contributed by atoms with Crippen LogP contribution in [0, 0.1) is 5.82 Å². The molecule has 1 atom stereocenters. The van der Waals surface area contributed by atoms with Crippen molar-refractivity contribution in [2.45, 2.75) is 30.3 Å². The van der Waals surface area contributed by atoms with E-state index in [0.29, 0.717) is 11.6 Å².